The molecule has 2 atom stereocenters. The van der Waals surface area contributed by atoms with Gasteiger partial charge in [0.05, 0.1) is 12.3 Å². The molecule has 1 saturated heterocycles. The summed E-state index contributed by atoms with van der Waals surface area (Å²) >= 11 is 0. The molecule has 1 saturated carbocycles. The van der Waals surface area contributed by atoms with Crippen LogP contribution in [0.15, 0.2) is 24.3 Å². The highest BCUT2D eigenvalue weighted by molar-refractivity contribution is 5.84. The molecule has 1 aromatic carbocycles. The number of carbonyl (C=O) groups excluding carboxylic acids is 2. The average molecular weight is 359 g/mol. The number of hydrogen-bond acceptors (Lipinski definition) is 5. The Balaban J connectivity index is 1.63. The lowest BCUT2D eigenvalue weighted by atomic mass is 9.78. The molecule has 2 aliphatic rings. The lowest BCUT2D eigenvalue weighted by Crippen LogP contribution is -2.53. The van der Waals surface area contributed by atoms with Gasteiger partial charge in [0.1, 0.15) is 5.75 Å². The summed E-state index contributed by atoms with van der Waals surface area (Å²) < 4.78 is 5.71. The maximum absolute atomic E-state index is 12.9. The molecular formula is C20H27N2O4-. The first kappa shape index (κ1) is 18.5. The Hall–Kier alpha value is -2.24. The zero-order valence-corrected chi connectivity index (χ0v) is 15.4. The van der Waals surface area contributed by atoms with Crippen molar-refractivity contribution in [1.29, 1.82) is 0 Å². The number of piperazine rings is 1. The summed E-state index contributed by atoms with van der Waals surface area (Å²) in [6.07, 6.45) is 3.00. The number of para-hydroxylation sites is 2. The van der Waals surface area contributed by atoms with Crippen molar-refractivity contribution >= 4 is 17.6 Å². The third-order valence-corrected chi connectivity index (χ3v) is 5.48. The number of nitrogens with zero attached hydrogens (tertiary/aromatic N) is 2. The molecule has 26 heavy (non-hydrogen) atoms. The molecule has 1 aliphatic carbocycles. The summed E-state index contributed by atoms with van der Waals surface area (Å²) in [7, 11) is 0. The van der Waals surface area contributed by atoms with Crippen LogP contribution in [0.2, 0.25) is 0 Å². The van der Waals surface area contributed by atoms with Crippen LogP contribution in [0.1, 0.15) is 32.6 Å². The van der Waals surface area contributed by atoms with Crippen LogP contribution < -0.4 is 14.7 Å². The van der Waals surface area contributed by atoms with E-state index in [2.05, 4.69) is 4.90 Å². The van der Waals surface area contributed by atoms with Crippen molar-refractivity contribution in [2.75, 3.05) is 37.7 Å². The van der Waals surface area contributed by atoms with Gasteiger partial charge in [0.15, 0.2) is 0 Å². The number of carbonyl (C=O) groups is 2. The minimum atomic E-state index is -1.08. The SMILES string of the molecule is CCOc1ccccc1N1CCN(C(=O)[C@H]2CCCC[C@@H]2C(=O)[O-])CC1. The highest BCUT2D eigenvalue weighted by Crippen LogP contribution is 2.33. The smallest absolute Gasteiger partial charge is 0.226 e. The van der Waals surface area contributed by atoms with E-state index in [4.69, 9.17) is 4.74 Å². The van der Waals surface area contributed by atoms with E-state index >= 15 is 0 Å². The van der Waals surface area contributed by atoms with E-state index in [-0.39, 0.29) is 5.91 Å². The van der Waals surface area contributed by atoms with E-state index in [0.717, 1.165) is 37.4 Å². The third-order valence-electron chi connectivity index (χ3n) is 5.48. The summed E-state index contributed by atoms with van der Waals surface area (Å²) in [5.41, 5.74) is 1.05. The molecule has 6 nitrogen and oxygen atoms in total. The molecule has 0 bridgehead atoms. The van der Waals surface area contributed by atoms with E-state index in [9.17, 15) is 14.7 Å². The number of ether oxygens (including phenoxy) is 1. The van der Waals surface area contributed by atoms with Gasteiger partial charge in [-0.1, -0.05) is 25.0 Å². The number of aliphatic carboxylic acids is 1. The lowest BCUT2D eigenvalue weighted by molar-refractivity contribution is -0.314. The minimum Gasteiger partial charge on any atom is -0.550 e. The first-order valence-corrected chi connectivity index (χ1v) is 9.58. The Kier molecular flexibility index (Phi) is 6.01. The van der Waals surface area contributed by atoms with Crippen molar-refractivity contribution < 1.29 is 19.4 Å². The highest BCUT2D eigenvalue weighted by Gasteiger charge is 2.35. The molecule has 1 heterocycles. The average Bonchev–Trinajstić information content (AvgIpc) is 2.68. The number of carboxylic acids is 1. The standard InChI is InChI=1S/C20H28N2O4/c1-2-26-18-10-6-5-9-17(18)21-11-13-22(14-12-21)19(23)15-7-3-4-8-16(15)20(24)25/h5-6,9-10,15-16H,2-4,7-8,11-14H2,1H3,(H,24,25)/p-1/t15-,16-/m0/s1. The van der Waals surface area contributed by atoms with Crippen molar-refractivity contribution in [1.82, 2.24) is 4.90 Å². The Labute approximate surface area is 154 Å². The number of hydrogen-bond donors (Lipinski definition) is 0. The van der Waals surface area contributed by atoms with Crippen LogP contribution in [0, 0.1) is 11.8 Å². The van der Waals surface area contributed by atoms with Crippen LogP contribution in [0.25, 0.3) is 0 Å². The maximum atomic E-state index is 12.9. The molecule has 2 fully saturated rings. The third kappa shape index (κ3) is 3.94. The minimum absolute atomic E-state index is 0.0170. The van der Waals surface area contributed by atoms with Gasteiger partial charge < -0.3 is 24.4 Å². The van der Waals surface area contributed by atoms with Crippen LogP contribution in [0.4, 0.5) is 5.69 Å². The summed E-state index contributed by atoms with van der Waals surface area (Å²) in [6, 6.07) is 7.94. The number of carboxylic acid groups (broad SMARTS) is 1. The van der Waals surface area contributed by atoms with Gasteiger partial charge in [-0.2, -0.15) is 0 Å². The lowest BCUT2D eigenvalue weighted by Gasteiger charge is -2.40. The number of benzene rings is 1. The molecule has 1 amide bonds. The fourth-order valence-electron chi connectivity index (χ4n) is 4.11. The second-order valence-electron chi connectivity index (χ2n) is 7.03. The number of rotatable bonds is 5. The summed E-state index contributed by atoms with van der Waals surface area (Å²) in [5, 5.41) is 11.4. The second-order valence-corrected chi connectivity index (χ2v) is 7.03. The molecule has 6 heteroatoms. The first-order valence-electron chi connectivity index (χ1n) is 9.58. The zero-order valence-electron chi connectivity index (χ0n) is 15.4. The van der Waals surface area contributed by atoms with Crippen molar-refractivity contribution in [2.24, 2.45) is 11.8 Å². The second kappa shape index (κ2) is 8.43. The van der Waals surface area contributed by atoms with Gasteiger partial charge >= 0.3 is 0 Å². The van der Waals surface area contributed by atoms with Crippen LogP contribution in [0.3, 0.4) is 0 Å². The quantitative estimate of drug-likeness (QED) is 0.792. The Morgan fingerprint density at radius 2 is 1.73 bits per heavy atom. The van der Waals surface area contributed by atoms with Crippen LogP contribution in [-0.4, -0.2) is 49.6 Å². The van der Waals surface area contributed by atoms with Gasteiger partial charge in [-0.15, -0.1) is 0 Å². The molecule has 142 valence electrons. The molecule has 1 aromatic rings. The van der Waals surface area contributed by atoms with E-state index in [0.29, 0.717) is 32.5 Å². The summed E-state index contributed by atoms with van der Waals surface area (Å²) in [5.74, 6) is -1.29. The maximum Gasteiger partial charge on any atom is 0.226 e. The van der Waals surface area contributed by atoms with E-state index in [1.165, 1.54) is 0 Å². The van der Waals surface area contributed by atoms with E-state index < -0.39 is 17.8 Å². The fourth-order valence-corrected chi connectivity index (χ4v) is 4.11. The van der Waals surface area contributed by atoms with Gasteiger partial charge in [-0.25, -0.2) is 0 Å². The molecule has 0 spiro atoms. The molecule has 0 unspecified atom stereocenters. The van der Waals surface area contributed by atoms with Crippen molar-refractivity contribution in [3.8, 4) is 5.75 Å². The van der Waals surface area contributed by atoms with Gasteiger partial charge in [0.25, 0.3) is 0 Å². The van der Waals surface area contributed by atoms with Crippen molar-refractivity contribution in [2.45, 2.75) is 32.6 Å². The Bertz CT molecular complexity index is 640. The van der Waals surface area contributed by atoms with Gasteiger partial charge in [-0.05, 0) is 31.9 Å². The Morgan fingerprint density at radius 3 is 2.38 bits per heavy atom. The van der Waals surface area contributed by atoms with Crippen LogP contribution >= 0.6 is 0 Å². The predicted molar refractivity (Wildman–Crippen MR) is 96.9 cm³/mol. The molecule has 0 radical (unpaired) electrons. The summed E-state index contributed by atoms with van der Waals surface area (Å²) in [6.45, 7) is 5.23. The van der Waals surface area contributed by atoms with Gasteiger partial charge in [-0.3, -0.25) is 4.79 Å². The molecule has 3 rings (SSSR count). The predicted octanol–water partition coefficient (Wildman–Crippen LogP) is 1.29. The first-order chi connectivity index (χ1) is 12.6. The monoisotopic (exact) mass is 359 g/mol. The molecule has 0 aromatic heterocycles. The van der Waals surface area contributed by atoms with Crippen molar-refractivity contribution in [3.63, 3.8) is 0 Å². The number of anilines is 1. The number of amides is 1. The van der Waals surface area contributed by atoms with E-state index in [1.54, 1.807) is 0 Å². The molecular weight excluding hydrogens is 332 g/mol. The molecule has 1 aliphatic heterocycles. The summed E-state index contributed by atoms with van der Waals surface area (Å²) in [4.78, 5) is 28.3. The zero-order chi connectivity index (χ0) is 18.5. The molecule has 0 N–H and O–H groups in total. The largest absolute Gasteiger partial charge is 0.550 e. The Morgan fingerprint density at radius 1 is 1.08 bits per heavy atom. The van der Waals surface area contributed by atoms with Crippen LogP contribution in [0.5, 0.6) is 5.75 Å². The van der Waals surface area contributed by atoms with Crippen molar-refractivity contribution in [3.05, 3.63) is 24.3 Å². The van der Waals surface area contributed by atoms with E-state index in [1.807, 2.05) is 36.1 Å². The van der Waals surface area contributed by atoms with Gasteiger partial charge in [0, 0.05) is 44.0 Å². The van der Waals surface area contributed by atoms with Gasteiger partial charge in [0.2, 0.25) is 5.91 Å². The normalized spacial score (nSPS) is 23.6. The topological polar surface area (TPSA) is 72.9 Å². The fraction of sp³-hybridized carbons (Fsp3) is 0.600. The van der Waals surface area contributed by atoms with Crippen LogP contribution in [-0.2, 0) is 9.59 Å². The highest BCUT2D eigenvalue weighted by atomic mass is 16.5.